The van der Waals surface area contributed by atoms with Crippen molar-refractivity contribution in [2.75, 3.05) is 0 Å². The molecule has 1 atom stereocenters. The molecule has 0 radical (unpaired) electrons. The molecule has 0 aliphatic rings. The molecule has 0 amide bonds. The highest BCUT2D eigenvalue weighted by Crippen LogP contribution is 2.21. The first-order chi connectivity index (χ1) is 7.50. The second-order valence-electron chi connectivity index (χ2n) is 4.36. The summed E-state index contributed by atoms with van der Waals surface area (Å²) in [5, 5.41) is 8.98. The summed E-state index contributed by atoms with van der Waals surface area (Å²) in [6.07, 6.45) is 0.939. The van der Waals surface area contributed by atoms with E-state index in [0.717, 1.165) is 6.42 Å². The Bertz CT molecular complexity index is 358. The molecule has 0 aromatic heterocycles. The van der Waals surface area contributed by atoms with Crippen LogP contribution in [0.3, 0.4) is 0 Å². The number of carboxylic acids is 1. The predicted octanol–water partition coefficient (Wildman–Crippen LogP) is 3.20. The van der Waals surface area contributed by atoms with Gasteiger partial charge in [0.1, 0.15) is 11.3 Å². The molecule has 0 bridgehead atoms. The molecule has 1 rings (SSSR count). The van der Waals surface area contributed by atoms with Gasteiger partial charge in [-0.1, -0.05) is 26.0 Å². The average Bonchev–Trinajstić information content (AvgIpc) is 2.16. The minimum Gasteiger partial charge on any atom is -0.490 e. The van der Waals surface area contributed by atoms with Gasteiger partial charge in [-0.3, -0.25) is 0 Å². The Morgan fingerprint density at radius 2 is 1.94 bits per heavy atom. The lowest BCUT2D eigenvalue weighted by molar-refractivity contribution is 0.0689. The zero-order chi connectivity index (χ0) is 12.1. The van der Waals surface area contributed by atoms with E-state index in [2.05, 4.69) is 13.8 Å². The molecule has 1 aromatic carbocycles. The van der Waals surface area contributed by atoms with Crippen LogP contribution in [0.5, 0.6) is 5.75 Å². The topological polar surface area (TPSA) is 46.5 Å². The van der Waals surface area contributed by atoms with E-state index in [0.29, 0.717) is 11.7 Å². The third-order valence-electron chi connectivity index (χ3n) is 2.25. The van der Waals surface area contributed by atoms with Crippen LogP contribution >= 0.6 is 0 Å². The van der Waals surface area contributed by atoms with Crippen molar-refractivity contribution in [2.24, 2.45) is 5.92 Å². The summed E-state index contributed by atoms with van der Waals surface area (Å²) in [5.74, 6) is 0.0301. The molecule has 0 fully saturated rings. The normalized spacial score (nSPS) is 12.5. The van der Waals surface area contributed by atoms with Crippen molar-refractivity contribution in [1.82, 2.24) is 0 Å². The lowest BCUT2D eigenvalue weighted by Crippen LogP contribution is -2.16. The van der Waals surface area contributed by atoms with Gasteiger partial charge in [0.15, 0.2) is 0 Å². The van der Waals surface area contributed by atoms with Gasteiger partial charge in [-0.25, -0.2) is 4.79 Å². The Balaban J connectivity index is 2.76. The zero-order valence-electron chi connectivity index (χ0n) is 9.93. The molecule has 1 aromatic rings. The van der Waals surface area contributed by atoms with Crippen molar-refractivity contribution in [1.29, 1.82) is 0 Å². The molecule has 88 valence electrons. The Hall–Kier alpha value is -1.51. The third-order valence-corrected chi connectivity index (χ3v) is 2.25. The number of hydrogen-bond acceptors (Lipinski definition) is 2. The second kappa shape index (κ2) is 5.54. The van der Waals surface area contributed by atoms with Gasteiger partial charge in [0.25, 0.3) is 0 Å². The van der Waals surface area contributed by atoms with Crippen LogP contribution in [0.4, 0.5) is 0 Å². The molecule has 3 nitrogen and oxygen atoms in total. The molecule has 1 N–H and O–H groups in total. The molecule has 0 saturated heterocycles. The summed E-state index contributed by atoms with van der Waals surface area (Å²) in [4.78, 5) is 10.9. The van der Waals surface area contributed by atoms with Crippen LogP contribution in [0.25, 0.3) is 0 Å². The second-order valence-corrected chi connectivity index (χ2v) is 4.36. The van der Waals surface area contributed by atoms with Gasteiger partial charge in [-0.05, 0) is 31.4 Å². The Morgan fingerprint density at radius 3 is 2.50 bits per heavy atom. The number of ether oxygens (including phenoxy) is 1. The van der Waals surface area contributed by atoms with Gasteiger partial charge in [-0.2, -0.15) is 0 Å². The van der Waals surface area contributed by atoms with E-state index < -0.39 is 5.97 Å². The lowest BCUT2D eigenvalue weighted by atomic mass is 10.1. The van der Waals surface area contributed by atoms with E-state index in [1.165, 1.54) is 0 Å². The maximum absolute atomic E-state index is 10.9. The number of carbonyl (C=O) groups is 1. The molecular weight excluding hydrogens is 204 g/mol. The van der Waals surface area contributed by atoms with Crippen molar-refractivity contribution in [3.63, 3.8) is 0 Å². The number of rotatable bonds is 5. The molecule has 0 unspecified atom stereocenters. The van der Waals surface area contributed by atoms with Gasteiger partial charge < -0.3 is 9.84 Å². The maximum Gasteiger partial charge on any atom is 0.339 e. The number of para-hydroxylation sites is 1. The Morgan fingerprint density at radius 1 is 1.31 bits per heavy atom. The largest absolute Gasteiger partial charge is 0.490 e. The van der Waals surface area contributed by atoms with E-state index >= 15 is 0 Å². The van der Waals surface area contributed by atoms with E-state index in [9.17, 15) is 4.79 Å². The fourth-order valence-electron chi connectivity index (χ4n) is 1.67. The molecule has 16 heavy (non-hydrogen) atoms. The number of hydrogen-bond donors (Lipinski definition) is 1. The molecule has 0 saturated carbocycles. The Kier molecular flexibility index (Phi) is 4.35. The molecule has 0 aliphatic carbocycles. The van der Waals surface area contributed by atoms with E-state index in [4.69, 9.17) is 9.84 Å². The van der Waals surface area contributed by atoms with Crippen molar-refractivity contribution in [3.8, 4) is 5.75 Å². The van der Waals surface area contributed by atoms with E-state index in [1.54, 1.807) is 24.3 Å². The van der Waals surface area contributed by atoms with Crippen molar-refractivity contribution in [3.05, 3.63) is 29.8 Å². The highest BCUT2D eigenvalue weighted by molar-refractivity contribution is 5.90. The van der Waals surface area contributed by atoms with Crippen molar-refractivity contribution >= 4 is 5.97 Å². The first-order valence-electron chi connectivity index (χ1n) is 5.49. The Labute approximate surface area is 96.1 Å². The van der Waals surface area contributed by atoms with Crippen LogP contribution in [0.1, 0.15) is 37.6 Å². The number of carboxylic acid groups (broad SMARTS) is 1. The smallest absolute Gasteiger partial charge is 0.339 e. The summed E-state index contributed by atoms with van der Waals surface area (Å²) in [5.41, 5.74) is 0.220. The van der Waals surface area contributed by atoms with Crippen LogP contribution in [0, 0.1) is 5.92 Å². The SMILES string of the molecule is CC(C)C[C@H](C)Oc1ccccc1C(=O)O. The third kappa shape index (κ3) is 3.57. The summed E-state index contributed by atoms with van der Waals surface area (Å²) < 4.78 is 5.64. The van der Waals surface area contributed by atoms with Gasteiger partial charge in [0.05, 0.1) is 6.10 Å². The van der Waals surface area contributed by atoms with Crippen LogP contribution in [-0.2, 0) is 0 Å². The molecule has 0 aliphatic heterocycles. The molecular formula is C13H18O3. The van der Waals surface area contributed by atoms with E-state index in [-0.39, 0.29) is 11.7 Å². The van der Waals surface area contributed by atoms with Gasteiger partial charge in [0, 0.05) is 0 Å². The summed E-state index contributed by atoms with van der Waals surface area (Å²) in [6, 6.07) is 6.73. The summed E-state index contributed by atoms with van der Waals surface area (Å²) >= 11 is 0. The zero-order valence-corrected chi connectivity index (χ0v) is 9.93. The standard InChI is InChI=1S/C13H18O3/c1-9(2)8-10(3)16-12-7-5-4-6-11(12)13(14)15/h4-7,9-10H,8H2,1-3H3,(H,14,15)/t10-/m0/s1. The van der Waals surface area contributed by atoms with E-state index in [1.807, 2.05) is 6.92 Å². The monoisotopic (exact) mass is 222 g/mol. The summed E-state index contributed by atoms with van der Waals surface area (Å²) in [7, 11) is 0. The van der Waals surface area contributed by atoms with Crippen LogP contribution in [-0.4, -0.2) is 17.2 Å². The van der Waals surface area contributed by atoms with Gasteiger partial charge in [-0.15, -0.1) is 0 Å². The average molecular weight is 222 g/mol. The fourth-order valence-corrected chi connectivity index (χ4v) is 1.67. The van der Waals surface area contributed by atoms with Crippen molar-refractivity contribution in [2.45, 2.75) is 33.3 Å². The highest BCUT2D eigenvalue weighted by Gasteiger charge is 2.13. The minimum atomic E-state index is -0.952. The summed E-state index contributed by atoms with van der Waals surface area (Å²) in [6.45, 7) is 6.19. The minimum absolute atomic E-state index is 0.0282. The highest BCUT2D eigenvalue weighted by atomic mass is 16.5. The molecule has 0 heterocycles. The predicted molar refractivity (Wildman–Crippen MR) is 62.9 cm³/mol. The molecule has 3 heteroatoms. The number of benzene rings is 1. The van der Waals surface area contributed by atoms with Crippen molar-refractivity contribution < 1.29 is 14.6 Å². The molecule has 0 spiro atoms. The van der Waals surface area contributed by atoms with Gasteiger partial charge >= 0.3 is 5.97 Å². The maximum atomic E-state index is 10.9. The first kappa shape index (κ1) is 12.6. The quantitative estimate of drug-likeness (QED) is 0.832. The first-order valence-corrected chi connectivity index (χ1v) is 5.49. The van der Waals surface area contributed by atoms with Crippen LogP contribution < -0.4 is 4.74 Å². The van der Waals surface area contributed by atoms with Gasteiger partial charge in [0.2, 0.25) is 0 Å². The lowest BCUT2D eigenvalue weighted by Gasteiger charge is -2.17. The fraction of sp³-hybridized carbons (Fsp3) is 0.462. The van der Waals surface area contributed by atoms with Crippen LogP contribution in [0.15, 0.2) is 24.3 Å². The van der Waals surface area contributed by atoms with Crippen LogP contribution in [0.2, 0.25) is 0 Å². The number of aromatic carboxylic acids is 1.